The highest BCUT2D eigenvalue weighted by Gasteiger charge is 2.23. The summed E-state index contributed by atoms with van der Waals surface area (Å²) in [7, 11) is 0. The summed E-state index contributed by atoms with van der Waals surface area (Å²) < 4.78 is 17.5. The molecule has 0 N–H and O–H groups in total. The number of nitriles is 1. The summed E-state index contributed by atoms with van der Waals surface area (Å²) in [5, 5.41) is 13.8. The van der Waals surface area contributed by atoms with Crippen molar-refractivity contribution in [2.45, 2.75) is 39.7 Å². The molecule has 8 heteroatoms. The van der Waals surface area contributed by atoms with Crippen molar-refractivity contribution in [1.82, 2.24) is 19.9 Å². The van der Waals surface area contributed by atoms with Crippen LogP contribution in [-0.4, -0.2) is 71.9 Å². The van der Waals surface area contributed by atoms with Crippen molar-refractivity contribution < 1.29 is 14.0 Å². The molecule has 1 saturated heterocycles. The van der Waals surface area contributed by atoms with Crippen molar-refractivity contribution >= 4 is 5.76 Å². The fraction of sp³-hybridized carbons (Fsp3) is 0.433. The van der Waals surface area contributed by atoms with E-state index in [0.29, 0.717) is 35.2 Å². The number of piperazine rings is 1. The number of fused-ring (bicyclic) bond motifs is 1. The van der Waals surface area contributed by atoms with Gasteiger partial charge < -0.3 is 23.8 Å². The van der Waals surface area contributed by atoms with Gasteiger partial charge in [-0.1, -0.05) is 30.3 Å². The molecule has 2 aromatic carbocycles. The monoisotopic (exact) mass is 513 g/mol. The molecule has 1 aliphatic heterocycles. The standard InChI is InChI=1S/C30H35N5O3/c1-4-34-14-16-35(17-15-34)13-6-18-36-28-12-10-24-25(28)7-5-8-26(24)29-32-30(38-33-29)22-9-11-27(37-21(2)3)23(19-22)20-31/h5,7-9,11-12,19,21H,4,6,10,13-18H2,1-3H3. The van der Waals surface area contributed by atoms with E-state index < -0.39 is 0 Å². The molecule has 0 saturated carbocycles. The van der Waals surface area contributed by atoms with E-state index in [1.165, 1.54) is 0 Å². The Morgan fingerprint density at radius 3 is 2.63 bits per heavy atom. The summed E-state index contributed by atoms with van der Waals surface area (Å²) in [6.07, 6.45) is 3.90. The van der Waals surface area contributed by atoms with Gasteiger partial charge in [0.2, 0.25) is 5.82 Å². The van der Waals surface area contributed by atoms with Gasteiger partial charge in [-0.05, 0) is 63.1 Å². The van der Waals surface area contributed by atoms with Crippen molar-refractivity contribution in [2.75, 3.05) is 45.9 Å². The van der Waals surface area contributed by atoms with E-state index in [4.69, 9.17) is 14.0 Å². The lowest BCUT2D eigenvalue weighted by atomic mass is 10.0. The molecule has 0 unspecified atom stereocenters. The molecule has 2 heterocycles. The number of nitrogens with zero attached hydrogens (tertiary/aromatic N) is 5. The predicted octanol–water partition coefficient (Wildman–Crippen LogP) is 5.00. The molecule has 0 radical (unpaired) electrons. The van der Waals surface area contributed by atoms with Crippen LogP contribution in [0.2, 0.25) is 0 Å². The number of rotatable bonds is 10. The number of benzene rings is 2. The highest BCUT2D eigenvalue weighted by atomic mass is 16.5. The van der Waals surface area contributed by atoms with Crippen LogP contribution in [-0.2, 0) is 11.2 Å². The van der Waals surface area contributed by atoms with E-state index in [-0.39, 0.29) is 6.10 Å². The van der Waals surface area contributed by atoms with E-state index in [1.54, 1.807) is 12.1 Å². The fourth-order valence-corrected chi connectivity index (χ4v) is 5.05. The van der Waals surface area contributed by atoms with Crippen molar-refractivity contribution in [1.29, 1.82) is 5.26 Å². The molecule has 8 nitrogen and oxygen atoms in total. The zero-order valence-electron chi connectivity index (χ0n) is 22.4. The van der Waals surface area contributed by atoms with E-state index in [2.05, 4.69) is 45.1 Å². The maximum atomic E-state index is 9.56. The molecule has 5 rings (SSSR count). The Kier molecular flexibility index (Phi) is 8.06. The molecule has 0 bridgehead atoms. The third kappa shape index (κ3) is 5.74. The first-order valence-electron chi connectivity index (χ1n) is 13.5. The Morgan fingerprint density at radius 1 is 1.08 bits per heavy atom. The fourth-order valence-electron chi connectivity index (χ4n) is 5.05. The van der Waals surface area contributed by atoms with Crippen LogP contribution in [0, 0.1) is 11.3 Å². The molecular weight excluding hydrogens is 478 g/mol. The molecular formula is C30H35N5O3. The molecule has 1 aromatic heterocycles. The van der Waals surface area contributed by atoms with Crippen LogP contribution in [0.3, 0.4) is 0 Å². The minimum atomic E-state index is -0.0210. The minimum Gasteiger partial charge on any atom is -0.493 e. The van der Waals surface area contributed by atoms with Crippen LogP contribution in [0.15, 0.2) is 47.0 Å². The van der Waals surface area contributed by atoms with Crippen LogP contribution in [0.25, 0.3) is 28.6 Å². The third-order valence-electron chi connectivity index (χ3n) is 7.10. The first kappa shape index (κ1) is 26.0. The zero-order valence-corrected chi connectivity index (χ0v) is 22.4. The summed E-state index contributed by atoms with van der Waals surface area (Å²) in [6.45, 7) is 13.6. The van der Waals surface area contributed by atoms with Gasteiger partial charge >= 0.3 is 0 Å². The van der Waals surface area contributed by atoms with Crippen LogP contribution >= 0.6 is 0 Å². The summed E-state index contributed by atoms with van der Waals surface area (Å²) in [4.78, 5) is 9.69. The van der Waals surface area contributed by atoms with Crippen molar-refractivity contribution in [3.05, 3.63) is 59.2 Å². The number of likely N-dealkylation sites (N-methyl/N-ethyl adjacent to an activating group) is 1. The summed E-state index contributed by atoms with van der Waals surface area (Å²) in [5.41, 5.74) is 4.28. The first-order chi connectivity index (χ1) is 18.6. The lowest BCUT2D eigenvalue weighted by Gasteiger charge is -2.33. The van der Waals surface area contributed by atoms with Gasteiger partial charge in [-0.15, -0.1) is 0 Å². The van der Waals surface area contributed by atoms with E-state index in [0.717, 1.165) is 74.6 Å². The second-order valence-corrected chi connectivity index (χ2v) is 9.99. The first-order valence-corrected chi connectivity index (χ1v) is 13.5. The lowest BCUT2D eigenvalue weighted by Crippen LogP contribution is -2.46. The average molecular weight is 514 g/mol. The molecule has 38 heavy (non-hydrogen) atoms. The highest BCUT2D eigenvalue weighted by Crippen LogP contribution is 2.36. The van der Waals surface area contributed by atoms with Gasteiger partial charge in [0.1, 0.15) is 17.6 Å². The molecule has 1 fully saturated rings. The Labute approximate surface area is 224 Å². The maximum absolute atomic E-state index is 9.56. The highest BCUT2D eigenvalue weighted by molar-refractivity contribution is 5.77. The SMILES string of the molecule is CCN1CCN(CCCOC2=CCc3c2cccc3-c2noc(-c3ccc(OC(C)C)c(C#N)c3)n2)CC1. The van der Waals surface area contributed by atoms with Crippen LogP contribution < -0.4 is 4.74 Å². The molecule has 198 valence electrons. The summed E-state index contributed by atoms with van der Waals surface area (Å²) in [5.74, 6) is 2.37. The average Bonchev–Trinajstić information content (AvgIpc) is 3.59. The molecule has 0 amide bonds. The van der Waals surface area contributed by atoms with Gasteiger partial charge in [-0.3, -0.25) is 0 Å². The minimum absolute atomic E-state index is 0.0210. The van der Waals surface area contributed by atoms with Gasteiger partial charge in [0.05, 0.1) is 18.3 Å². The second-order valence-electron chi connectivity index (χ2n) is 9.99. The van der Waals surface area contributed by atoms with Crippen LogP contribution in [0.4, 0.5) is 0 Å². The van der Waals surface area contributed by atoms with E-state index >= 15 is 0 Å². The number of hydrogen-bond acceptors (Lipinski definition) is 8. The number of allylic oxidation sites excluding steroid dienone is 1. The normalized spacial score (nSPS) is 15.8. The second kappa shape index (κ2) is 11.8. The topological polar surface area (TPSA) is 87.6 Å². The summed E-state index contributed by atoms with van der Waals surface area (Å²) in [6, 6.07) is 13.6. The van der Waals surface area contributed by atoms with Gasteiger partial charge in [0, 0.05) is 49.4 Å². The lowest BCUT2D eigenvalue weighted by molar-refractivity contribution is 0.128. The van der Waals surface area contributed by atoms with Crippen LogP contribution in [0.1, 0.15) is 43.9 Å². The predicted molar refractivity (Wildman–Crippen MR) is 146 cm³/mol. The van der Waals surface area contributed by atoms with Crippen LogP contribution in [0.5, 0.6) is 5.75 Å². The largest absolute Gasteiger partial charge is 0.493 e. The van der Waals surface area contributed by atoms with Crippen molar-refractivity contribution in [3.63, 3.8) is 0 Å². The Bertz CT molecular complexity index is 1330. The smallest absolute Gasteiger partial charge is 0.258 e. The van der Waals surface area contributed by atoms with Gasteiger partial charge in [-0.25, -0.2) is 0 Å². The molecule has 3 aromatic rings. The molecule has 0 atom stereocenters. The van der Waals surface area contributed by atoms with Crippen molar-refractivity contribution in [3.8, 4) is 34.7 Å². The summed E-state index contributed by atoms with van der Waals surface area (Å²) >= 11 is 0. The van der Waals surface area contributed by atoms with Gasteiger partial charge in [0.15, 0.2) is 0 Å². The van der Waals surface area contributed by atoms with E-state index in [1.807, 2.05) is 32.0 Å². The molecule has 0 spiro atoms. The maximum Gasteiger partial charge on any atom is 0.258 e. The third-order valence-corrected chi connectivity index (χ3v) is 7.10. The van der Waals surface area contributed by atoms with Gasteiger partial charge in [0.25, 0.3) is 5.89 Å². The van der Waals surface area contributed by atoms with E-state index in [9.17, 15) is 5.26 Å². The number of ether oxygens (including phenoxy) is 2. The Hall–Kier alpha value is -3.67. The Balaban J connectivity index is 1.23. The zero-order chi connectivity index (χ0) is 26.5. The number of aromatic nitrogens is 2. The Morgan fingerprint density at radius 2 is 1.87 bits per heavy atom. The van der Waals surface area contributed by atoms with Gasteiger partial charge in [-0.2, -0.15) is 10.2 Å². The quantitative estimate of drug-likeness (QED) is 0.350. The molecule has 2 aliphatic rings. The van der Waals surface area contributed by atoms with Crippen molar-refractivity contribution in [2.24, 2.45) is 0 Å². The molecule has 1 aliphatic carbocycles. The number of hydrogen-bond donors (Lipinski definition) is 0.